The van der Waals surface area contributed by atoms with Gasteiger partial charge in [0, 0.05) is 5.69 Å². The quantitative estimate of drug-likeness (QED) is 0.800. The highest BCUT2D eigenvalue weighted by Gasteiger charge is 2.06. The van der Waals surface area contributed by atoms with Crippen molar-refractivity contribution in [3.63, 3.8) is 0 Å². The summed E-state index contributed by atoms with van der Waals surface area (Å²) < 4.78 is 13.8. The molecule has 4 heteroatoms. The number of thiocarbonyl (C=S) groups is 1. The lowest BCUT2D eigenvalue weighted by molar-refractivity contribution is 0.623. The van der Waals surface area contributed by atoms with Crippen molar-refractivity contribution >= 4 is 28.7 Å². The Bertz CT molecular complexity index is 555. The number of rotatable bonds is 2. The number of para-hydroxylation sites is 1. The van der Waals surface area contributed by atoms with E-state index < -0.39 is 0 Å². The van der Waals surface area contributed by atoms with Gasteiger partial charge in [0.05, 0.1) is 5.69 Å². The molecule has 0 atom stereocenters. The maximum absolute atomic E-state index is 13.8. The first kappa shape index (κ1) is 12.5. The molecule has 0 aromatic heterocycles. The normalized spacial score (nSPS) is 9.89. The van der Waals surface area contributed by atoms with Crippen LogP contribution < -0.4 is 10.6 Å². The molecule has 2 N–H and O–H groups in total. The summed E-state index contributed by atoms with van der Waals surface area (Å²) >= 11 is 5.13. The standard InChI is InChI=1S/C14H13FN2S/c1-10-6-5-9-12(13(10)15)17-14(18)16-11-7-3-2-4-8-11/h2-9H,1H3,(H2,16,17,18). The van der Waals surface area contributed by atoms with Crippen molar-refractivity contribution in [1.82, 2.24) is 0 Å². The molecule has 0 heterocycles. The predicted molar refractivity (Wildman–Crippen MR) is 77.4 cm³/mol. The Morgan fingerprint density at radius 3 is 2.44 bits per heavy atom. The summed E-state index contributed by atoms with van der Waals surface area (Å²) in [5.74, 6) is -0.283. The van der Waals surface area contributed by atoms with Crippen LogP contribution in [0.15, 0.2) is 48.5 Å². The Balaban J connectivity index is 2.06. The zero-order valence-electron chi connectivity index (χ0n) is 9.91. The molecule has 0 unspecified atom stereocenters. The molecule has 2 nitrogen and oxygen atoms in total. The minimum Gasteiger partial charge on any atom is -0.332 e. The van der Waals surface area contributed by atoms with Crippen LogP contribution in [0, 0.1) is 12.7 Å². The van der Waals surface area contributed by atoms with E-state index in [0.717, 1.165) is 5.69 Å². The third-order valence-electron chi connectivity index (χ3n) is 2.47. The summed E-state index contributed by atoms with van der Waals surface area (Å²) in [6.07, 6.45) is 0. The van der Waals surface area contributed by atoms with Gasteiger partial charge >= 0.3 is 0 Å². The molecular formula is C14H13FN2S. The zero-order valence-corrected chi connectivity index (χ0v) is 10.7. The lowest BCUT2D eigenvalue weighted by Gasteiger charge is -2.11. The van der Waals surface area contributed by atoms with Crippen LogP contribution in [0.2, 0.25) is 0 Å². The largest absolute Gasteiger partial charge is 0.332 e. The fourth-order valence-corrected chi connectivity index (χ4v) is 1.78. The lowest BCUT2D eigenvalue weighted by atomic mass is 10.2. The van der Waals surface area contributed by atoms with Crippen LogP contribution in [0.1, 0.15) is 5.56 Å². The first-order valence-corrected chi connectivity index (χ1v) is 5.96. The van der Waals surface area contributed by atoms with Gasteiger partial charge in [0.15, 0.2) is 5.11 Å². The van der Waals surface area contributed by atoms with E-state index in [9.17, 15) is 4.39 Å². The summed E-state index contributed by atoms with van der Waals surface area (Å²) in [6, 6.07) is 14.7. The second-order valence-electron chi connectivity index (χ2n) is 3.88. The van der Waals surface area contributed by atoms with Crippen molar-refractivity contribution in [2.45, 2.75) is 6.92 Å². The van der Waals surface area contributed by atoms with Gasteiger partial charge in [-0.25, -0.2) is 4.39 Å². The molecule has 0 aliphatic carbocycles. The van der Waals surface area contributed by atoms with E-state index in [4.69, 9.17) is 12.2 Å². The molecular weight excluding hydrogens is 247 g/mol. The van der Waals surface area contributed by atoms with E-state index >= 15 is 0 Å². The first-order valence-electron chi connectivity index (χ1n) is 5.55. The number of halogens is 1. The van der Waals surface area contributed by atoms with Crippen LogP contribution in [-0.4, -0.2) is 5.11 Å². The van der Waals surface area contributed by atoms with Crippen molar-refractivity contribution in [3.05, 3.63) is 59.9 Å². The molecule has 2 rings (SSSR count). The van der Waals surface area contributed by atoms with Gasteiger partial charge in [0.2, 0.25) is 0 Å². The molecule has 2 aromatic rings. The molecule has 0 aliphatic heterocycles. The van der Waals surface area contributed by atoms with Crippen LogP contribution in [0.5, 0.6) is 0 Å². The van der Waals surface area contributed by atoms with E-state index in [1.165, 1.54) is 0 Å². The summed E-state index contributed by atoms with van der Waals surface area (Å²) in [7, 11) is 0. The minimum atomic E-state index is -0.283. The van der Waals surface area contributed by atoms with Crippen molar-refractivity contribution in [1.29, 1.82) is 0 Å². The zero-order chi connectivity index (χ0) is 13.0. The third kappa shape index (κ3) is 3.05. The number of nitrogens with one attached hydrogen (secondary N) is 2. The average molecular weight is 260 g/mol. The van der Waals surface area contributed by atoms with E-state index in [0.29, 0.717) is 16.4 Å². The average Bonchev–Trinajstić information content (AvgIpc) is 2.36. The maximum atomic E-state index is 13.8. The molecule has 0 radical (unpaired) electrons. The van der Waals surface area contributed by atoms with E-state index in [1.807, 2.05) is 30.3 Å². The molecule has 0 spiro atoms. The number of hydrogen-bond donors (Lipinski definition) is 2. The summed E-state index contributed by atoms with van der Waals surface area (Å²) in [5.41, 5.74) is 1.83. The number of benzene rings is 2. The van der Waals surface area contributed by atoms with Gasteiger partial charge in [-0.2, -0.15) is 0 Å². The fourth-order valence-electron chi connectivity index (χ4n) is 1.55. The Kier molecular flexibility index (Phi) is 3.89. The smallest absolute Gasteiger partial charge is 0.175 e. The fraction of sp³-hybridized carbons (Fsp3) is 0.0714. The van der Waals surface area contributed by atoms with Crippen LogP contribution in [0.4, 0.5) is 15.8 Å². The molecule has 2 aromatic carbocycles. The van der Waals surface area contributed by atoms with Gasteiger partial charge in [-0.15, -0.1) is 0 Å². The highest BCUT2D eigenvalue weighted by Crippen LogP contribution is 2.17. The Hall–Kier alpha value is -1.94. The van der Waals surface area contributed by atoms with Gasteiger partial charge in [0.25, 0.3) is 0 Å². The predicted octanol–water partition coefficient (Wildman–Crippen LogP) is 3.94. The molecule has 0 bridgehead atoms. The monoisotopic (exact) mass is 260 g/mol. The van der Waals surface area contributed by atoms with Crippen LogP contribution in [0.3, 0.4) is 0 Å². The number of aryl methyl sites for hydroxylation is 1. The third-order valence-corrected chi connectivity index (χ3v) is 2.68. The van der Waals surface area contributed by atoms with Crippen LogP contribution in [0.25, 0.3) is 0 Å². The topological polar surface area (TPSA) is 24.1 Å². The van der Waals surface area contributed by atoms with Gasteiger partial charge in [-0.05, 0) is 42.9 Å². The minimum absolute atomic E-state index is 0.283. The molecule has 18 heavy (non-hydrogen) atoms. The molecule has 0 fully saturated rings. The van der Waals surface area contributed by atoms with Crippen LogP contribution >= 0.6 is 12.2 Å². The van der Waals surface area contributed by atoms with Crippen molar-refractivity contribution in [2.75, 3.05) is 10.6 Å². The molecule has 92 valence electrons. The van der Waals surface area contributed by atoms with Crippen LogP contribution in [-0.2, 0) is 0 Å². The molecule has 0 amide bonds. The SMILES string of the molecule is Cc1cccc(NC(=S)Nc2ccccc2)c1F. The van der Waals surface area contributed by atoms with Crippen molar-refractivity contribution in [2.24, 2.45) is 0 Å². The number of anilines is 2. The van der Waals surface area contributed by atoms with E-state index in [-0.39, 0.29) is 5.82 Å². The highest BCUT2D eigenvalue weighted by molar-refractivity contribution is 7.80. The summed E-state index contributed by atoms with van der Waals surface area (Å²) in [4.78, 5) is 0. The number of hydrogen-bond acceptors (Lipinski definition) is 1. The maximum Gasteiger partial charge on any atom is 0.175 e. The van der Waals surface area contributed by atoms with Gasteiger partial charge in [-0.3, -0.25) is 0 Å². The summed E-state index contributed by atoms with van der Waals surface area (Å²) in [5, 5.41) is 6.20. The van der Waals surface area contributed by atoms with Crippen molar-refractivity contribution in [3.8, 4) is 0 Å². The second-order valence-corrected chi connectivity index (χ2v) is 4.29. The molecule has 0 aliphatic rings. The van der Waals surface area contributed by atoms with Crippen molar-refractivity contribution < 1.29 is 4.39 Å². The Morgan fingerprint density at radius 2 is 1.72 bits per heavy atom. The molecule has 0 saturated carbocycles. The Labute approximate surface area is 111 Å². The van der Waals surface area contributed by atoms with Gasteiger partial charge in [-0.1, -0.05) is 30.3 Å². The van der Waals surface area contributed by atoms with Gasteiger partial charge < -0.3 is 10.6 Å². The highest BCUT2D eigenvalue weighted by atomic mass is 32.1. The Morgan fingerprint density at radius 1 is 1.00 bits per heavy atom. The second kappa shape index (κ2) is 5.60. The molecule has 0 saturated heterocycles. The summed E-state index contributed by atoms with van der Waals surface area (Å²) in [6.45, 7) is 1.72. The van der Waals surface area contributed by atoms with E-state index in [1.54, 1.807) is 25.1 Å². The lowest BCUT2D eigenvalue weighted by Crippen LogP contribution is -2.19. The van der Waals surface area contributed by atoms with E-state index in [2.05, 4.69) is 10.6 Å². The first-order chi connectivity index (χ1) is 8.66. The van der Waals surface area contributed by atoms with Gasteiger partial charge in [0.1, 0.15) is 5.82 Å².